The Morgan fingerprint density at radius 1 is 1.08 bits per heavy atom. The zero-order valence-corrected chi connectivity index (χ0v) is 15.6. The Bertz CT molecular complexity index is 698. The molecular weight excluding hydrogens is 361 g/mol. The molecule has 1 aliphatic heterocycles. The van der Waals surface area contributed by atoms with Gasteiger partial charge in [0, 0.05) is 13.2 Å². The third-order valence-corrected chi connectivity index (χ3v) is 5.00. The number of hydrogen-bond donors (Lipinski definition) is 1. The van der Waals surface area contributed by atoms with Crippen LogP contribution >= 0.6 is 23.2 Å². The number of ether oxygens (including phenoxy) is 3. The van der Waals surface area contributed by atoms with E-state index in [1.54, 1.807) is 13.2 Å². The maximum Gasteiger partial charge on any atom is 0.139 e. The van der Waals surface area contributed by atoms with Crippen LogP contribution in [-0.2, 0) is 10.3 Å². The highest BCUT2D eigenvalue weighted by molar-refractivity contribution is 6.42. The lowest BCUT2D eigenvalue weighted by Crippen LogP contribution is -2.43. The zero-order valence-electron chi connectivity index (χ0n) is 14.1. The van der Waals surface area contributed by atoms with Crippen LogP contribution in [0.5, 0.6) is 11.5 Å². The second-order valence-corrected chi connectivity index (χ2v) is 6.78. The summed E-state index contributed by atoms with van der Waals surface area (Å²) < 4.78 is 17.4. The molecule has 1 heterocycles. The molecule has 3 rings (SSSR count). The second kappa shape index (κ2) is 8.28. The highest BCUT2D eigenvalue weighted by Crippen LogP contribution is 2.33. The largest absolute Gasteiger partial charge is 0.497 e. The minimum Gasteiger partial charge on any atom is -0.497 e. The van der Waals surface area contributed by atoms with Crippen LogP contribution in [0.2, 0.25) is 10.0 Å². The molecule has 1 unspecified atom stereocenters. The Morgan fingerprint density at radius 2 is 1.84 bits per heavy atom. The molecule has 134 valence electrons. The van der Waals surface area contributed by atoms with Gasteiger partial charge in [-0.2, -0.15) is 0 Å². The van der Waals surface area contributed by atoms with Gasteiger partial charge in [0.2, 0.25) is 0 Å². The molecule has 1 aliphatic rings. The number of nitrogens with one attached hydrogen (secondary N) is 1. The summed E-state index contributed by atoms with van der Waals surface area (Å²) in [4.78, 5) is 0. The van der Waals surface area contributed by atoms with Crippen molar-refractivity contribution in [3.63, 3.8) is 0 Å². The van der Waals surface area contributed by atoms with Gasteiger partial charge in [0.1, 0.15) is 23.7 Å². The van der Waals surface area contributed by atoms with E-state index in [9.17, 15) is 0 Å². The zero-order chi connectivity index (χ0) is 17.7. The molecule has 0 bridgehead atoms. The molecule has 4 nitrogen and oxygen atoms in total. The van der Waals surface area contributed by atoms with Crippen molar-refractivity contribution in [2.75, 3.05) is 33.4 Å². The predicted octanol–water partition coefficient (Wildman–Crippen LogP) is 4.29. The molecule has 25 heavy (non-hydrogen) atoms. The molecule has 0 aromatic heterocycles. The smallest absolute Gasteiger partial charge is 0.139 e. The molecule has 0 radical (unpaired) electrons. The number of hydrogen-bond acceptors (Lipinski definition) is 4. The number of rotatable bonds is 5. The fourth-order valence-electron chi connectivity index (χ4n) is 2.82. The Labute approximate surface area is 158 Å². The third-order valence-electron chi connectivity index (χ3n) is 4.26. The molecule has 1 saturated heterocycles. The van der Waals surface area contributed by atoms with Crippen LogP contribution in [-0.4, -0.2) is 33.4 Å². The van der Waals surface area contributed by atoms with Crippen molar-refractivity contribution < 1.29 is 14.2 Å². The van der Waals surface area contributed by atoms with Crippen LogP contribution in [0.4, 0.5) is 0 Å². The number of methoxy groups -OCH3 is 1. The van der Waals surface area contributed by atoms with E-state index < -0.39 is 5.60 Å². The van der Waals surface area contributed by atoms with Crippen molar-refractivity contribution in [1.29, 1.82) is 0 Å². The highest BCUT2D eigenvalue weighted by Gasteiger charge is 2.36. The lowest BCUT2D eigenvalue weighted by atomic mass is 9.94. The predicted molar refractivity (Wildman–Crippen MR) is 100 cm³/mol. The molecule has 6 heteroatoms. The van der Waals surface area contributed by atoms with E-state index in [0.29, 0.717) is 29.8 Å². The SMILES string of the molecule is COc1ccc(OCC2(c3ccc(Cl)c(Cl)c3)CNCCCO2)cc1. The Hall–Kier alpha value is -1.46. The summed E-state index contributed by atoms with van der Waals surface area (Å²) in [6, 6.07) is 13.1. The van der Waals surface area contributed by atoms with Gasteiger partial charge in [0.05, 0.1) is 17.2 Å². The van der Waals surface area contributed by atoms with Crippen LogP contribution in [0.1, 0.15) is 12.0 Å². The molecule has 0 amide bonds. The van der Waals surface area contributed by atoms with Crippen molar-refractivity contribution in [2.24, 2.45) is 0 Å². The van der Waals surface area contributed by atoms with Gasteiger partial charge < -0.3 is 19.5 Å². The molecule has 2 aromatic rings. The van der Waals surface area contributed by atoms with Crippen LogP contribution < -0.4 is 14.8 Å². The van der Waals surface area contributed by atoms with Gasteiger partial charge in [-0.25, -0.2) is 0 Å². The van der Waals surface area contributed by atoms with Gasteiger partial charge in [-0.05, 0) is 54.9 Å². The van der Waals surface area contributed by atoms with Gasteiger partial charge in [0.15, 0.2) is 0 Å². The first kappa shape index (κ1) is 18.3. The van der Waals surface area contributed by atoms with E-state index in [-0.39, 0.29) is 0 Å². The van der Waals surface area contributed by atoms with Crippen molar-refractivity contribution in [2.45, 2.75) is 12.0 Å². The van der Waals surface area contributed by atoms with Gasteiger partial charge in [-0.1, -0.05) is 29.3 Å². The van der Waals surface area contributed by atoms with E-state index in [1.807, 2.05) is 36.4 Å². The van der Waals surface area contributed by atoms with E-state index >= 15 is 0 Å². The topological polar surface area (TPSA) is 39.7 Å². The van der Waals surface area contributed by atoms with Crippen molar-refractivity contribution in [3.8, 4) is 11.5 Å². The highest BCUT2D eigenvalue weighted by atomic mass is 35.5. The minimum absolute atomic E-state index is 0.365. The Kier molecular flexibility index (Phi) is 6.07. The van der Waals surface area contributed by atoms with E-state index in [4.69, 9.17) is 37.4 Å². The minimum atomic E-state index is -0.620. The average molecular weight is 382 g/mol. The number of benzene rings is 2. The summed E-state index contributed by atoms with van der Waals surface area (Å²) >= 11 is 12.3. The molecule has 1 N–H and O–H groups in total. The number of halogens is 2. The van der Waals surface area contributed by atoms with E-state index in [1.165, 1.54) is 0 Å². The van der Waals surface area contributed by atoms with E-state index in [2.05, 4.69) is 5.32 Å². The van der Waals surface area contributed by atoms with Crippen LogP contribution in [0.25, 0.3) is 0 Å². The van der Waals surface area contributed by atoms with Gasteiger partial charge in [-0.3, -0.25) is 0 Å². The molecular formula is C19H21Cl2NO3. The van der Waals surface area contributed by atoms with Crippen LogP contribution in [0, 0.1) is 0 Å². The standard InChI is InChI=1S/C19H21Cl2NO3/c1-23-15-4-6-16(7-5-15)24-13-19(12-22-9-2-10-25-19)14-3-8-17(20)18(21)11-14/h3-8,11,22H,2,9-10,12-13H2,1H3. The summed E-state index contributed by atoms with van der Waals surface area (Å²) in [5.74, 6) is 1.55. The summed E-state index contributed by atoms with van der Waals surface area (Å²) in [6.45, 7) is 2.57. The van der Waals surface area contributed by atoms with Crippen molar-refractivity contribution in [1.82, 2.24) is 5.32 Å². The monoisotopic (exact) mass is 381 g/mol. The normalized spacial score (nSPS) is 20.8. The first-order valence-electron chi connectivity index (χ1n) is 8.20. The maximum absolute atomic E-state index is 6.22. The van der Waals surface area contributed by atoms with Gasteiger partial charge >= 0.3 is 0 Å². The van der Waals surface area contributed by atoms with Crippen LogP contribution in [0.3, 0.4) is 0 Å². The fourth-order valence-corrected chi connectivity index (χ4v) is 3.12. The Morgan fingerprint density at radius 3 is 2.56 bits per heavy atom. The lowest BCUT2D eigenvalue weighted by Gasteiger charge is -2.33. The maximum atomic E-state index is 6.22. The van der Waals surface area contributed by atoms with E-state index in [0.717, 1.165) is 30.0 Å². The first-order chi connectivity index (χ1) is 12.1. The summed E-state index contributed by atoms with van der Waals surface area (Å²) in [5.41, 5.74) is 0.329. The van der Waals surface area contributed by atoms with Gasteiger partial charge in [-0.15, -0.1) is 0 Å². The Balaban J connectivity index is 1.84. The third kappa shape index (κ3) is 4.39. The molecule has 0 spiro atoms. The molecule has 0 saturated carbocycles. The summed E-state index contributed by atoms with van der Waals surface area (Å²) in [6.07, 6.45) is 0.950. The van der Waals surface area contributed by atoms with Gasteiger partial charge in [0.25, 0.3) is 0 Å². The quantitative estimate of drug-likeness (QED) is 0.838. The molecule has 2 aromatic carbocycles. The molecule has 0 aliphatic carbocycles. The summed E-state index contributed by atoms with van der Waals surface area (Å²) in [7, 11) is 1.64. The second-order valence-electron chi connectivity index (χ2n) is 5.97. The first-order valence-corrected chi connectivity index (χ1v) is 8.96. The van der Waals surface area contributed by atoms with Crippen molar-refractivity contribution >= 4 is 23.2 Å². The molecule has 1 atom stereocenters. The van der Waals surface area contributed by atoms with Crippen LogP contribution in [0.15, 0.2) is 42.5 Å². The fraction of sp³-hybridized carbons (Fsp3) is 0.368. The summed E-state index contributed by atoms with van der Waals surface area (Å²) in [5, 5.41) is 4.46. The van der Waals surface area contributed by atoms with Crippen molar-refractivity contribution in [3.05, 3.63) is 58.1 Å². The lowest BCUT2D eigenvalue weighted by molar-refractivity contribution is -0.0676. The average Bonchev–Trinajstić information content (AvgIpc) is 2.89. The molecule has 1 fully saturated rings.